The number of esters is 1. The van der Waals surface area contributed by atoms with Crippen LogP contribution in [0.5, 0.6) is 5.75 Å². The summed E-state index contributed by atoms with van der Waals surface area (Å²) in [6, 6.07) is 6.42. The molecule has 0 aliphatic carbocycles. The molecule has 41 heavy (non-hydrogen) atoms. The van der Waals surface area contributed by atoms with Gasteiger partial charge >= 0.3 is 94.6 Å². The van der Waals surface area contributed by atoms with E-state index in [0.717, 1.165) is 37.8 Å². The number of benzene rings is 4. The van der Waals surface area contributed by atoms with Crippen molar-refractivity contribution < 1.29 is 141 Å². The Balaban J connectivity index is -0.00000280. The summed E-state index contributed by atoms with van der Waals surface area (Å²) in [6.07, 6.45) is 4.32. The fraction of sp³-hybridized carbons (Fsp3) is 0.292. The summed E-state index contributed by atoms with van der Waals surface area (Å²) >= 11 is 0. The molecule has 0 amide bonds. The summed E-state index contributed by atoms with van der Waals surface area (Å²) in [6.45, 7) is 2.05. The van der Waals surface area contributed by atoms with Crippen molar-refractivity contribution in [1.29, 1.82) is 0 Å². The second-order valence-corrected chi connectivity index (χ2v) is 13.1. The Morgan fingerprint density at radius 2 is 1.05 bits per heavy atom. The third kappa shape index (κ3) is 8.44. The number of rotatable bonds is 10. The molecular weight excluding hydrogens is 629 g/mol. The predicted octanol–water partition coefficient (Wildman–Crippen LogP) is -4.06. The van der Waals surface area contributed by atoms with Crippen LogP contribution >= 0.6 is 0 Å². The molecule has 4 aromatic carbocycles. The van der Waals surface area contributed by atoms with Gasteiger partial charge in [0.15, 0.2) is 0 Å². The van der Waals surface area contributed by atoms with Crippen LogP contribution in [0.2, 0.25) is 0 Å². The standard InChI is InChI=1S/C24H24O11S3.3Na.3H/c1-2-3-4-5-6-7-22(25)35-18-12-19(36(26,27)28)15-10-11-17-21(38(32,33)34)13-20(37(29,30)31)16-9-8-14(18)23(15)24(16)17;;;;;;/h8-13H,2-7H2,1H3,(H,26,27,28)(H,29,30,31)(H,32,33,34);;;;;;/q;3*+1;3*-1. The van der Waals surface area contributed by atoms with Crippen molar-refractivity contribution in [1.82, 2.24) is 0 Å². The maximum atomic E-state index is 12.6. The zero-order chi connectivity index (χ0) is 28.0. The van der Waals surface area contributed by atoms with E-state index in [9.17, 15) is 43.7 Å². The molecule has 0 fully saturated rings. The van der Waals surface area contributed by atoms with E-state index in [4.69, 9.17) is 4.74 Å². The van der Waals surface area contributed by atoms with Crippen molar-refractivity contribution in [3.8, 4) is 5.75 Å². The largest absolute Gasteiger partial charge is 1.00 e. The van der Waals surface area contributed by atoms with E-state index in [2.05, 4.69) is 0 Å². The molecule has 0 spiro atoms. The molecule has 11 nitrogen and oxygen atoms in total. The van der Waals surface area contributed by atoms with E-state index in [1.807, 2.05) is 6.92 Å². The van der Waals surface area contributed by atoms with Crippen LogP contribution in [0.25, 0.3) is 32.3 Å². The Labute approximate surface area is 308 Å². The molecule has 210 valence electrons. The van der Waals surface area contributed by atoms with Crippen LogP contribution in [-0.4, -0.2) is 44.9 Å². The Morgan fingerprint density at radius 1 is 0.659 bits per heavy atom. The Kier molecular flexibility index (Phi) is 14.3. The number of carbonyl (C=O) groups is 1. The van der Waals surface area contributed by atoms with E-state index in [1.54, 1.807) is 0 Å². The Morgan fingerprint density at radius 3 is 1.49 bits per heavy atom. The smallest absolute Gasteiger partial charge is 1.00 e. The minimum absolute atomic E-state index is 0. The van der Waals surface area contributed by atoms with Gasteiger partial charge in [-0.05, 0) is 18.6 Å². The molecule has 17 heteroatoms. The third-order valence-electron chi connectivity index (χ3n) is 6.29. The molecule has 0 aromatic heterocycles. The van der Waals surface area contributed by atoms with Gasteiger partial charge < -0.3 is 9.02 Å². The normalized spacial score (nSPS) is 12.1. The predicted molar refractivity (Wildman–Crippen MR) is 142 cm³/mol. The van der Waals surface area contributed by atoms with Crippen molar-refractivity contribution >= 4 is 68.6 Å². The molecule has 0 saturated carbocycles. The summed E-state index contributed by atoms with van der Waals surface area (Å²) in [5.74, 6) is -0.932. The van der Waals surface area contributed by atoms with Gasteiger partial charge in [0.25, 0.3) is 30.4 Å². The maximum Gasteiger partial charge on any atom is 1.00 e. The van der Waals surface area contributed by atoms with Gasteiger partial charge in [-0.1, -0.05) is 50.8 Å². The fourth-order valence-corrected chi connectivity index (χ4v) is 6.85. The Hall–Kier alpha value is 0.120. The molecule has 3 N–H and O–H groups in total. The average Bonchev–Trinajstić information content (AvgIpc) is 2.80. The number of unbranched alkanes of at least 4 members (excludes halogenated alkanes) is 4. The van der Waals surface area contributed by atoms with E-state index in [-0.39, 0.29) is 137 Å². The van der Waals surface area contributed by atoms with Crippen molar-refractivity contribution in [3.63, 3.8) is 0 Å². The molecule has 0 aliphatic heterocycles. The molecule has 0 unspecified atom stereocenters. The van der Waals surface area contributed by atoms with Gasteiger partial charge in [-0.3, -0.25) is 18.5 Å². The third-order valence-corrected chi connectivity index (χ3v) is 8.97. The zero-order valence-corrected chi connectivity index (χ0v) is 31.5. The first kappa shape index (κ1) is 39.1. The van der Waals surface area contributed by atoms with Crippen molar-refractivity contribution in [2.45, 2.75) is 60.1 Å². The molecule has 0 aliphatic rings. The van der Waals surface area contributed by atoms with E-state index in [1.165, 1.54) is 18.2 Å². The second-order valence-electron chi connectivity index (χ2n) is 8.88. The first-order valence-corrected chi connectivity index (χ1v) is 15.9. The van der Waals surface area contributed by atoms with Crippen LogP contribution in [0.3, 0.4) is 0 Å². The van der Waals surface area contributed by atoms with E-state index in [0.29, 0.717) is 12.5 Å². The van der Waals surface area contributed by atoms with E-state index < -0.39 is 51.0 Å². The fourth-order valence-electron chi connectivity index (χ4n) is 4.64. The first-order valence-electron chi connectivity index (χ1n) is 11.6. The summed E-state index contributed by atoms with van der Waals surface area (Å²) in [7, 11) is -15.0. The topological polar surface area (TPSA) is 189 Å². The summed E-state index contributed by atoms with van der Waals surface area (Å²) in [4.78, 5) is 10.2. The summed E-state index contributed by atoms with van der Waals surface area (Å²) in [5, 5.41) is -0.601. The average molecular weight is 657 g/mol. The Bertz CT molecular complexity index is 1870. The SMILES string of the molecule is CCCCCCCC(=O)Oc1cc(S(=O)(=O)O)c2ccc3c(S(=O)(=O)O)cc(S(=O)(=O)O)c4ccc1c2c43.[H-].[H-].[H-].[Na+].[Na+].[Na+]. The quantitative estimate of drug-likeness (QED) is 0.0376. The maximum absolute atomic E-state index is 12.6. The summed E-state index contributed by atoms with van der Waals surface area (Å²) < 4.78 is 108. The van der Waals surface area contributed by atoms with Gasteiger partial charge in [0, 0.05) is 44.8 Å². The van der Waals surface area contributed by atoms with Crippen LogP contribution in [0.4, 0.5) is 0 Å². The first-order chi connectivity index (χ1) is 17.6. The summed E-state index contributed by atoms with van der Waals surface area (Å²) in [5.41, 5.74) is 0. The molecule has 4 rings (SSSR count). The molecule has 0 atom stereocenters. The van der Waals surface area contributed by atoms with Gasteiger partial charge in [-0.25, -0.2) is 0 Å². The molecule has 4 aromatic rings. The van der Waals surface area contributed by atoms with Gasteiger partial charge in [0.1, 0.15) is 20.4 Å². The molecule has 0 saturated heterocycles. The monoisotopic (exact) mass is 656 g/mol. The van der Waals surface area contributed by atoms with Crippen LogP contribution in [0.1, 0.15) is 49.7 Å². The van der Waals surface area contributed by atoms with Crippen molar-refractivity contribution in [2.24, 2.45) is 0 Å². The molecule has 0 bridgehead atoms. The van der Waals surface area contributed by atoms with E-state index >= 15 is 0 Å². The molecular formula is C24H27Na3O11S3. The number of carbonyl (C=O) groups excluding carboxylic acids is 1. The van der Waals surface area contributed by atoms with Crippen LogP contribution in [0, 0.1) is 0 Å². The molecule has 0 radical (unpaired) electrons. The van der Waals surface area contributed by atoms with Gasteiger partial charge in [0.2, 0.25) is 0 Å². The van der Waals surface area contributed by atoms with Crippen LogP contribution in [-0.2, 0) is 35.1 Å². The van der Waals surface area contributed by atoms with Crippen LogP contribution in [0.15, 0.2) is 51.1 Å². The van der Waals surface area contributed by atoms with Crippen molar-refractivity contribution in [2.75, 3.05) is 0 Å². The zero-order valence-electron chi connectivity index (χ0n) is 26.0. The van der Waals surface area contributed by atoms with Gasteiger partial charge in [-0.15, -0.1) is 0 Å². The number of hydrogen-bond donors (Lipinski definition) is 3. The number of ether oxygens (including phenoxy) is 1. The molecule has 0 heterocycles. The minimum atomic E-state index is -5.02. The van der Waals surface area contributed by atoms with Gasteiger partial charge in [-0.2, -0.15) is 25.3 Å². The number of hydrogen-bond acceptors (Lipinski definition) is 8. The second kappa shape index (κ2) is 14.9. The van der Waals surface area contributed by atoms with Gasteiger partial charge in [0.05, 0.1) is 0 Å². The minimum Gasteiger partial charge on any atom is -1.00 e. The van der Waals surface area contributed by atoms with Crippen molar-refractivity contribution in [3.05, 3.63) is 36.4 Å². The van der Waals surface area contributed by atoms with Crippen LogP contribution < -0.4 is 93.4 Å².